The zero-order valence-electron chi connectivity index (χ0n) is 14.1. The molecule has 0 radical (unpaired) electrons. The number of hydrogen-bond acceptors (Lipinski definition) is 3. The zero-order chi connectivity index (χ0) is 16.4. The highest BCUT2D eigenvalue weighted by Gasteiger charge is 2.15. The number of aliphatic imine (C=N–C) groups is 1. The summed E-state index contributed by atoms with van der Waals surface area (Å²) in [5.41, 5.74) is 0.0623. The molecule has 0 unspecified atom stereocenters. The van der Waals surface area contributed by atoms with Crippen LogP contribution in [0.1, 0.15) is 26.7 Å². The standard InChI is InChI=1S/C16H28N4OS/c1-16(2,22-4)13-19-15(17-3)18-10-6-8-12-20-11-7-5-9-14(20)21/h5,7,9,11H,6,8,10,12-13H2,1-4H3,(H2,17,18,19). The highest BCUT2D eigenvalue weighted by atomic mass is 32.2. The van der Waals surface area contributed by atoms with Crippen LogP contribution in [-0.4, -0.2) is 41.7 Å². The summed E-state index contributed by atoms with van der Waals surface area (Å²) in [7, 11) is 1.78. The van der Waals surface area contributed by atoms with Gasteiger partial charge in [-0.3, -0.25) is 9.79 Å². The molecule has 0 amide bonds. The van der Waals surface area contributed by atoms with Gasteiger partial charge in [0.05, 0.1) is 0 Å². The van der Waals surface area contributed by atoms with Crippen molar-refractivity contribution in [2.75, 3.05) is 26.4 Å². The molecule has 0 bridgehead atoms. The third kappa shape index (κ3) is 7.02. The Kier molecular flexibility index (Phi) is 8.09. The molecule has 0 spiro atoms. The summed E-state index contributed by atoms with van der Waals surface area (Å²) in [4.78, 5) is 15.8. The predicted molar refractivity (Wildman–Crippen MR) is 96.9 cm³/mol. The quantitative estimate of drug-likeness (QED) is 0.436. The van der Waals surface area contributed by atoms with E-state index in [-0.39, 0.29) is 10.3 Å². The van der Waals surface area contributed by atoms with E-state index in [9.17, 15) is 4.79 Å². The van der Waals surface area contributed by atoms with Crippen LogP contribution in [0.2, 0.25) is 0 Å². The van der Waals surface area contributed by atoms with Gasteiger partial charge >= 0.3 is 0 Å². The number of unbranched alkanes of at least 4 members (excludes halogenated alkanes) is 1. The van der Waals surface area contributed by atoms with E-state index >= 15 is 0 Å². The van der Waals surface area contributed by atoms with Crippen LogP contribution >= 0.6 is 11.8 Å². The van der Waals surface area contributed by atoms with Gasteiger partial charge in [-0.2, -0.15) is 11.8 Å². The van der Waals surface area contributed by atoms with Crippen LogP contribution in [0.4, 0.5) is 0 Å². The Hall–Kier alpha value is -1.43. The lowest BCUT2D eigenvalue weighted by Crippen LogP contribution is -2.43. The normalized spacial score (nSPS) is 12.3. The van der Waals surface area contributed by atoms with E-state index in [4.69, 9.17) is 0 Å². The third-order valence-corrected chi connectivity index (χ3v) is 4.72. The molecule has 22 heavy (non-hydrogen) atoms. The number of hydrogen-bond donors (Lipinski definition) is 2. The summed E-state index contributed by atoms with van der Waals surface area (Å²) in [6.45, 7) is 6.88. The first-order valence-corrected chi connectivity index (χ1v) is 8.86. The maximum Gasteiger partial charge on any atom is 0.250 e. The lowest BCUT2D eigenvalue weighted by Gasteiger charge is -2.23. The molecule has 5 nitrogen and oxygen atoms in total. The molecule has 0 fully saturated rings. The molecule has 2 N–H and O–H groups in total. The van der Waals surface area contributed by atoms with Crippen molar-refractivity contribution >= 4 is 17.7 Å². The van der Waals surface area contributed by atoms with Gasteiger partial charge in [0.15, 0.2) is 5.96 Å². The molecule has 0 aromatic carbocycles. The number of aryl methyl sites for hydroxylation is 1. The number of thioether (sulfide) groups is 1. The van der Waals surface area contributed by atoms with Crippen molar-refractivity contribution in [2.45, 2.75) is 38.0 Å². The number of pyridine rings is 1. The Bertz CT molecular complexity index is 525. The van der Waals surface area contributed by atoms with E-state index in [1.54, 1.807) is 23.7 Å². The average Bonchev–Trinajstić information content (AvgIpc) is 2.51. The Morgan fingerprint density at radius 1 is 1.32 bits per heavy atom. The molecule has 1 aromatic rings. The monoisotopic (exact) mass is 324 g/mol. The molecule has 0 aliphatic rings. The van der Waals surface area contributed by atoms with E-state index in [0.717, 1.165) is 38.4 Å². The topological polar surface area (TPSA) is 58.4 Å². The van der Waals surface area contributed by atoms with Crippen LogP contribution < -0.4 is 16.2 Å². The smallest absolute Gasteiger partial charge is 0.250 e. The summed E-state index contributed by atoms with van der Waals surface area (Å²) in [6.07, 6.45) is 5.91. The number of nitrogens with one attached hydrogen (secondary N) is 2. The second-order valence-electron chi connectivity index (χ2n) is 5.76. The Labute approximate surface area is 137 Å². The molecule has 0 saturated heterocycles. The molecule has 0 aliphatic carbocycles. The second-order valence-corrected chi connectivity index (χ2v) is 7.27. The summed E-state index contributed by atoms with van der Waals surface area (Å²) >= 11 is 1.83. The van der Waals surface area contributed by atoms with E-state index in [0.29, 0.717) is 0 Å². The maximum atomic E-state index is 11.6. The summed E-state index contributed by atoms with van der Waals surface area (Å²) in [5, 5.41) is 6.65. The number of rotatable bonds is 8. The predicted octanol–water partition coefficient (Wildman–Crippen LogP) is 1.94. The Morgan fingerprint density at radius 2 is 2.09 bits per heavy atom. The van der Waals surface area contributed by atoms with Crippen molar-refractivity contribution in [2.24, 2.45) is 4.99 Å². The van der Waals surface area contributed by atoms with Crippen LogP contribution in [0.3, 0.4) is 0 Å². The van der Waals surface area contributed by atoms with Crippen LogP contribution in [0, 0.1) is 0 Å². The SMILES string of the molecule is CN=C(NCCCCn1ccccc1=O)NCC(C)(C)SC. The lowest BCUT2D eigenvalue weighted by atomic mass is 10.2. The molecule has 0 saturated carbocycles. The van der Waals surface area contributed by atoms with E-state index in [1.165, 1.54) is 0 Å². The van der Waals surface area contributed by atoms with Gasteiger partial charge in [0.25, 0.3) is 0 Å². The molecule has 6 heteroatoms. The fourth-order valence-electron chi connectivity index (χ4n) is 1.85. The van der Waals surface area contributed by atoms with Crippen LogP contribution in [-0.2, 0) is 6.54 Å². The van der Waals surface area contributed by atoms with Gasteiger partial charge in [0, 0.05) is 43.7 Å². The van der Waals surface area contributed by atoms with Crippen molar-refractivity contribution in [3.05, 3.63) is 34.7 Å². The van der Waals surface area contributed by atoms with Gasteiger partial charge in [-0.15, -0.1) is 0 Å². The average molecular weight is 324 g/mol. The Balaban J connectivity index is 2.22. The Morgan fingerprint density at radius 3 is 2.73 bits per heavy atom. The number of aromatic nitrogens is 1. The van der Waals surface area contributed by atoms with Crippen LogP contribution in [0.25, 0.3) is 0 Å². The summed E-state index contributed by atoms with van der Waals surface area (Å²) in [5.74, 6) is 0.832. The maximum absolute atomic E-state index is 11.6. The first-order valence-electron chi connectivity index (χ1n) is 7.63. The van der Waals surface area contributed by atoms with Gasteiger partial charge in [0.1, 0.15) is 0 Å². The van der Waals surface area contributed by atoms with Crippen molar-refractivity contribution in [3.8, 4) is 0 Å². The van der Waals surface area contributed by atoms with Crippen LogP contribution in [0.5, 0.6) is 0 Å². The third-order valence-electron chi connectivity index (χ3n) is 3.47. The molecule has 1 aromatic heterocycles. The summed E-state index contributed by atoms with van der Waals surface area (Å²) in [6, 6.07) is 5.25. The second kappa shape index (κ2) is 9.56. The van der Waals surface area contributed by atoms with E-state index in [2.05, 4.69) is 35.7 Å². The minimum absolute atomic E-state index is 0.0623. The van der Waals surface area contributed by atoms with Crippen molar-refractivity contribution in [1.82, 2.24) is 15.2 Å². The first kappa shape index (κ1) is 18.6. The van der Waals surface area contributed by atoms with Crippen LogP contribution in [0.15, 0.2) is 34.2 Å². The van der Waals surface area contributed by atoms with E-state index < -0.39 is 0 Å². The minimum Gasteiger partial charge on any atom is -0.356 e. The van der Waals surface area contributed by atoms with Crippen molar-refractivity contribution in [1.29, 1.82) is 0 Å². The van der Waals surface area contributed by atoms with Gasteiger partial charge in [0.2, 0.25) is 5.56 Å². The highest BCUT2D eigenvalue weighted by molar-refractivity contribution is 7.99. The first-order chi connectivity index (χ1) is 10.5. The largest absolute Gasteiger partial charge is 0.356 e. The van der Waals surface area contributed by atoms with Gasteiger partial charge in [-0.05, 0) is 39.0 Å². The minimum atomic E-state index is 0.0623. The van der Waals surface area contributed by atoms with Crippen molar-refractivity contribution < 1.29 is 0 Å². The van der Waals surface area contributed by atoms with Gasteiger partial charge in [-0.25, -0.2) is 0 Å². The lowest BCUT2D eigenvalue weighted by molar-refractivity contribution is 0.583. The molecule has 0 atom stereocenters. The molecule has 1 heterocycles. The number of guanidine groups is 1. The molecule has 0 aliphatic heterocycles. The van der Waals surface area contributed by atoms with Crippen molar-refractivity contribution in [3.63, 3.8) is 0 Å². The van der Waals surface area contributed by atoms with Gasteiger partial charge in [-0.1, -0.05) is 6.07 Å². The fraction of sp³-hybridized carbons (Fsp3) is 0.625. The molecule has 124 valence electrons. The highest BCUT2D eigenvalue weighted by Crippen LogP contribution is 2.19. The molecule has 1 rings (SSSR count). The molecular weight excluding hydrogens is 296 g/mol. The molecular formula is C16H28N4OS. The summed E-state index contributed by atoms with van der Waals surface area (Å²) < 4.78 is 1.93. The van der Waals surface area contributed by atoms with Gasteiger partial charge < -0.3 is 15.2 Å². The number of nitrogens with zero attached hydrogens (tertiary/aromatic N) is 2. The van der Waals surface area contributed by atoms with E-state index in [1.807, 2.05) is 24.0 Å². The fourth-order valence-corrected chi connectivity index (χ4v) is 2.07. The zero-order valence-corrected chi connectivity index (χ0v) is 14.9.